The molecule has 0 aliphatic heterocycles. The normalized spacial score (nSPS) is 10.6. The van der Waals surface area contributed by atoms with Crippen LogP contribution in [0.25, 0.3) is 11.0 Å². The molecule has 8 heteroatoms. The highest BCUT2D eigenvalue weighted by Crippen LogP contribution is 2.11. The van der Waals surface area contributed by atoms with Crippen molar-refractivity contribution in [3.05, 3.63) is 70.4 Å². The minimum atomic E-state index is -0.781. The number of hydrazine groups is 1. The smallest absolute Gasteiger partial charge is 0.295 e. The van der Waals surface area contributed by atoms with E-state index in [2.05, 4.69) is 10.9 Å². The van der Waals surface area contributed by atoms with E-state index in [0.29, 0.717) is 11.0 Å². The molecule has 1 heterocycles. The Morgan fingerprint density at radius 3 is 2.36 bits per heavy atom. The molecule has 128 valence electrons. The Hall–Kier alpha value is -3.42. The third-order valence-electron chi connectivity index (χ3n) is 3.79. The summed E-state index contributed by atoms with van der Waals surface area (Å²) >= 11 is 0. The molecule has 0 radical (unpaired) electrons. The molecule has 3 aromatic rings. The van der Waals surface area contributed by atoms with Crippen LogP contribution in [0.15, 0.2) is 53.3 Å². The third kappa shape index (κ3) is 3.14. The molecule has 0 aliphatic carbocycles. The molecule has 3 rings (SSSR count). The summed E-state index contributed by atoms with van der Waals surface area (Å²) in [6.07, 6.45) is 0. The molecule has 7 nitrogen and oxygen atoms in total. The van der Waals surface area contributed by atoms with Crippen molar-refractivity contribution in [3.63, 3.8) is 0 Å². The lowest BCUT2D eigenvalue weighted by atomic mass is 10.2. The van der Waals surface area contributed by atoms with Crippen LogP contribution in [0.1, 0.15) is 10.4 Å². The molecule has 1 aromatic heterocycles. The molecule has 0 unspecified atom stereocenters. The summed E-state index contributed by atoms with van der Waals surface area (Å²) in [7, 11) is 1.61. The van der Waals surface area contributed by atoms with E-state index in [-0.39, 0.29) is 17.8 Å². The topological polar surface area (TPSA) is 85.1 Å². The summed E-state index contributed by atoms with van der Waals surface area (Å²) in [6.45, 7) is -0.280. The highest BCUT2D eigenvalue weighted by atomic mass is 19.1. The molecule has 2 amide bonds. The molecule has 25 heavy (non-hydrogen) atoms. The van der Waals surface area contributed by atoms with Crippen LogP contribution in [0.3, 0.4) is 0 Å². The summed E-state index contributed by atoms with van der Waals surface area (Å²) in [5.41, 5.74) is 5.07. The minimum Gasteiger partial charge on any atom is -0.295 e. The zero-order chi connectivity index (χ0) is 18.0. The first-order chi connectivity index (χ1) is 12.0. The van der Waals surface area contributed by atoms with Crippen LogP contribution in [-0.2, 0) is 18.4 Å². The van der Waals surface area contributed by atoms with Gasteiger partial charge in [-0.25, -0.2) is 9.18 Å². The maximum Gasteiger partial charge on any atom is 0.329 e. The van der Waals surface area contributed by atoms with Crippen LogP contribution in [-0.4, -0.2) is 20.9 Å². The van der Waals surface area contributed by atoms with Crippen molar-refractivity contribution in [1.82, 2.24) is 20.0 Å². The van der Waals surface area contributed by atoms with E-state index in [4.69, 9.17) is 0 Å². The number of para-hydroxylation sites is 2. The molecule has 0 saturated carbocycles. The number of halogens is 1. The predicted molar refractivity (Wildman–Crippen MR) is 89.2 cm³/mol. The van der Waals surface area contributed by atoms with Crippen molar-refractivity contribution >= 4 is 22.8 Å². The molecule has 0 fully saturated rings. The lowest BCUT2D eigenvalue weighted by Crippen LogP contribution is -2.44. The lowest BCUT2D eigenvalue weighted by molar-refractivity contribution is -0.122. The fourth-order valence-corrected chi connectivity index (χ4v) is 2.54. The Labute approximate surface area is 141 Å². The van der Waals surface area contributed by atoms with Gasteiger partial charge >= 0.3 is 5.69 Å². The van der Waals surface area contributed by atoms with Crippen LogP contribution in [0.2, 0.25) is 0 Å². The van der Waals surface area contributed by atoms with Gasteiger partial charge in [0.2, 0.25) is 0 Å². The lowest BCUT2D eigenvalue weighted by Gasteiger charge is -2.08. The van der Waals surface area contributed by atoms with E-state index < -0.39 is 17.6 Å². The Bertz CT molecular complexity index is 1020. The number of carbonyl (C=O) groups is 2. The second-order valence-corrected chi connectivity index (χ2v) is 5.40. The Morgan fingerprint density at radius 1 is 1.00 bits per heavy atom. The zero-order valence-corrected chi connectivity index (χ0v) is 13.3. The van der Waals surface area contributed by atoms with Crippen molar-refractivity contribution < 1.29 is 14.0 Å². The fourth-order valence-electron chi connectivity index (χ4n) is 2.54. The summed E-state index contributed by atoms with van der Waals surface area (Å²) in [4.78, 5) is 36.2. The number of hydrogen-bond donors (Lipinski definition) is 2. The number of aromatic nitrogens is 2. The van der Waals surface area contributed by atoms with Crippen LogP contribution >= 0.6 is 0 Å². The number of carbonyl (C=O) groups excluding carboxylic acids is 2. The molecule has 0 aliphatic rings. The first-order valence-corrected chi connectivity index (χ1v) is 7.47. The number of amides is 2. The quantitative estimate of drug-likeness (QED) is 0.695. The van der Waals surface area contributed by atoms with Gasteiger partial charge in [-0.2, -0.15) is 0 Å². The van der Waals surface area contributed by atoms with E-state index in [9.17, 15) is 18.8 Å². The second-order valence-electron chi connectivity index (χ2n) is 5.40. The van der Waals surface area contributed by atoms with Gasteiger partial charge < -0.3 is 0 Å². The fraction of sp³-hybridized carbons (Fsp3) is 0.118. The molecule has 2 N–H and O–H groups in total. The van der Waals surface area contributed by atoms with E-state index >= 15 is 0 Å². The number of rotatable bonds is 3. The van der Waals surface area contributed by atoms with Gasteiger partial charge in [0.15, 0.2) is 0 Å². The summed E-state index contributed by atoms with van der Waals surface area (Å²) < 4.78 is 16.2. The van der Waals surface area contributed by atoms with Crippen molar-refractivity contribution in [2.75, 3.05) is 0 Å². The van der Waals surface area contributed by atoms with Gasteiger partial charge in [0, 0.05) is 7.05 Å². The monoisotopic (exact) mass is 342 g/mol. The number of imidazole rings is 1. The molecular weight excluding hydrogens is 327 g/mol. The van der Waals surface area contributed by atoms with Gasteiger partial charge in [-0.3, -0.25) is 29.6 Å². The summed E-state index contributed by atoms with van der Waals surface area (Å²) in [5, 5.41) is 0. The van der Waals surface area contributed by atoms with E-state index in [1.165, 1.54) is 27.3 Å². The number of hydrogen-bond acceptors (Lipinski definition) is 3. The maximum atomic E-state index is 13.5. The average molecular weight is 342 g/mol. The average Bonchev–Trinajstić information content (AvgIpc) is 2.85. The van der Waals surface area contributed by atoms with E-state index in [0.717, 1.165) is 6.07 Å². The number of fused-ring (bicyclic) bond motifs is 1. The van der Waals surface area contributed by atoms with Crippen molar-refractivity contribution in [2.24, 2.45) is 7.05 Å². The highest BCUT2D eigenvalue weighted by Gasteiger charge is 2.15. The molecule has 0 spiro atoms. The van der Waals surface area contributed by atoms with Crippen LogP contribution in [0, 0.1) is 5.82 Å². The van der Waals surface area contributed by atoms with Gasteiger partial charge in [0.25, 0.3) is 11.8 Å². The highest BCUT2D eigenvalue weighted by molar-refractivity contribution is 5.95. The van der Waals surface area contributed by atoms with E-state index in [1.54, 1.807) is 31.3 Å². The molecule has 0 bridgehead atoms. The number of benzene rings is 2. The van der Waals surface area contributed by atoms with Crippen molar-refractivity contribution in [3.8, 4) is 0 Å². The van der Waals surface area contributed by atoms with Crippen molar-refractivity contribution in [2.45, 2.75) is 6.54 Å². The number of aryl methyl sites for hydroxylation is 1. The van der Waals surface area contributed by atoms with Crippen LogP contribution in [0.4, 0.5) is 4.39 Å². The minimum absolute atomic E-state index is 0.190. The van der Waals surface area contributed by atoms with Crippen LogP contribution < -0.4 is 16.5 Å². The van der Waals surface area contributed by atoms with Gasteiger partial charge in [-0.1, -0.05) is 24.3 Å². The molecule has 0 atom stereocenters. The van der Waals surface area contributed by atoms with Gasteiger partial charge in [-0.15, -0.1) is 0 Å². The SMILES string of the molecule is Cn1c(=O)n(CC(=O)NNC(=O)c2ccccc2F)c2ccccc21. The van der Waals surface area contributed by atoms with Crippen molar-refractivity contribution in [1.29, 1.82) is 0 Å². The molecule has 2 aromatic carbocycles. The maximum absolute atomic E-state index is 13.5. The summed E-state index contributed by atoms with van der Waals surface area (Å²) in [5.74, 6) is -2.08. The Balaban J connectivity index is 1.72. The zero-order valence-electron chi connectivity index (χ0n) is 13.3. The van der Waals surface area contributed by atoms with Gasteiger partial charge in [0.1, 0.15) is 12.4 Å². The third-order valence-corrected chi connectivity index (χ3v) is 3.79. The second kappa shape index (κ2) is 6.60. The first-order valence-electron chi connectivity index (χ1n) is 7.47. The largest absolute Gasteiger partial charge is 0.329 e. The van der Waals surface area contributed by atoms with Gasteiger partial charge in [-0.05, 0) is 24.3 Å². The number of nitrogens with one attached hydrogen (secondary N) is 2. The standard InChI is InChI=1S/C17H15FN4O3/c1-21-13-8-4-5-9-14(13)22(17(21)25)10-15(23)19-20-16(24)11-6-2-3-7-12(11)18/h2-9H,10H2,1H3,(H,19,23)(H,20,24). The van der Waals surface area contributed by atoms with E-state index in [1.807, 2.05) is 0 Å². The molecular formula is C17H15FN4O3. The Kier molecular flexibility index (Phi) is 4.34. The molecule has 0 saturated heterocycles. The van der Waals surface area contributed by atoms with Crippen LogP contribution in [0.5, 0.6) is 0 Å². The Morgan fingerprint density at radius 2 is 1.64 bits per heavy atom. The van der Waals surface area contributed by atoms with Gasteiger partial charge in [0.05, 0.1) is 16.6 Å². The number of nitrogens with zero attached hydrogens (tertiary/aromatic N) is 2. The summed E-state index contributed by atoms with van der Waals surface area (Å²) in [6, 6.07) is 12.5. The predicted octanol–water partition coefficient (Wildman–Crippen LogP) is 0.940. The first kappa shape index (κ1) is 16.4.